The van der Waals surface area contributed by atoms with E-state index in [9.17, 15) is 0 Å². The summed E-state index contributed by atoms with van der Waals surface area (Å²) >= 11 is 0. The summed E-state index contributed by atoms with van der Waals surface area (Å²) in [6.45, 7) is 7.81. The lowest BCUT2D eigenvalue weighted by atomic mass is 10.1. The second kappa shape index (κ2) is 3.90. The molecule has 2 N–H and O–H groups in total. The van der Waals surface area contributed by atoms with Gasteiger partial charge in [-0.3, -0.25) is 0 Å². The molecule has 0 aliphatic carbocycles. The number of ether oxygens (including phenoxy) is 1. The molecule has 0 spiro atoms. The Morgan fingerprint density at radius 2 is 2.31 bits per heavy atom. The molecule has 2 heterocycles. The number of morpholine rings is 1. The summed E-state index contributed by atoms with van der Waals surface area (Å²) < 4.78 is 5.84. The molecular weight excluding hydrogens is 204 g/mol. The predicted octanol–water partition coefficient (Wildman–Crippen LogP) is 1.06. The third-order valence-corrected chi connectivity index (χ3v) is 2.59. The molecule has 2 rings (SSSR count). The van der Waals surface area contributed by atoms with Crippen LogP contribution in [0.25, 0.3) is 0 Å². The predicted molar refractivity (Wildman–Crippen MR) is 63.3 cm³/mol. The van der Waals surface area contributed by atoms with Crippen LogP contribution in [-0.2, 0) is 4.74 Å². The second-order valence-corrected chi connectivity index (χ2v) is 4.87. The van der Waals surface area contributed by atoms with E-state index >= 15 is 0 Å². The van der Waals surface area contributed by atoms with E-state index in [4.69, 9.17) is 10.5 Å². The molecule has 1 aromatic heterocycles. The zero-order chi connectivity index (χ0) is 11.8. The topological polar surface area (TPSA) is 64.3 Å². The SMILES string of the molecule is CC1CN(c2ncncc2N)CC(C)(C)O1. The number of rotatable bonds is 1. The van der Waals surface area contributed by atoms with Crippen LogP contribution in [0.5, 0.6) is 0 Å². The maximum Gasteiger partial charge on any atom is 0.155 e. The van der Waals surface area contributed by atoms with Gasteiger partial charge < -0.3 is 15.4 Å². The fraction of sp³-hybridized carbons (Fsp3) is 0.636. The average molecular weight is 222 g/mol. The first kappa shape index (κ1) is 11.1. The van der Waals surface area contributed by atoms with Crippen molar-refractivity contribution in [1.29, 1.82) is 0 Å². The highest BCUT2D eigenvalue weighted by Gasteiger charge is 2.32. The minimum absolute atomic E-state index is 0.172. The molecule has 1 aromatic rings. The van der Waals surface area contributed by atoms with E-state index < -0.39 is 0 Å². The highest BCUT2D eigenvalue weighted by atomic mass is 16.5. The van der Waals surface area contributed by atoms with Gasteiger partial charge in [0.2, 0.25) is 0 Å². The number of hydrogen-bond acceptors (Lipinski definition) is 5. The van der Waals surface area contributed by atoms with Crippen LogP contribution in [-0.4, -0.2) is 34.8 Å². The molecule has 1 aliphatic rings. The maximum absolute atomic E-state index is 5.88. The quantitative estimate of drug-likeness (QED) is 0.769. The van der Waals surface area contributed by atoms with Gasteiger partial charge in [0.15, 0.2) is 5.82 Å². The van der Waals surface area contributed by atoms with E-state index in [0.717, 1.165) is 18.9 Å². The Hall–Kier alpha value is -1.36. The molecule has 1 saturated heterocycles. The normalized spacial score (nSPS) is 24.4. The number of aromatic nitrogens is 2. The van der Waals surface area contributed by atoms with Gasteiger partial charge in [0.05, 0.1) is 23.6 Å². The molecule has 88 valence electrons. The number of nitrogen functional groups attached to an aromatic ring is 1. The highest BCUT2D eigenvalue weighted by Crippen LogP contribution is 2.27. The largest absolute Gasteiger partial charge is 0.394 e. The first-order valence-corrected chi connectivity index (χ1v) is 5.46. The first-order valence-electron chi connectivity index (χ1n) is 5.46. The van der Waals surface area contributed by atoms with E-state index in [0.29, 0.717) is 5.69 Å². The van der Waals surface area contributed by atoms with Crippen LogP contribution in [0.2, 0.25) is 0 Å². The third kappa shape index (κ3) is 2.24. The van der Waals surface area contributed by atoms with Gasteiger partial charge in [-0.15, -0.1) is 0 Å². The highest BCUT2D eigenvalue weighted by molar-refractivity contribution is 5.61. The number of hydrogen-bond donors (Lipinski definition) is 1. The smallest absolute Gasteiger partial charge is 0.155 e. The molecule has 0 saturated carbocycles. The van der Waals surface area contributed by atoms with Crippen molar-refractivity contribution >= 4 is 11.5 Å². The van der Waals surface area contributed by atoms with Crippen molar-refractivity contribution in [1.82, 2.24) is 9.97 Å². The molecule has 16 heavy (non-hydrogen) atoms. The lowest BCUT2D eigenvalue weighted by Crippen LogP contribution is -2.52. The Balaban J connectivity index is 2.25. The van der Waals surface area contributed by atoms with Crippen molar-refractivity contribution in [3.05, 3.63) is 12.5 Å². The van der Waals surface area contributed by atoms with Crippen LogP contribution in [0.3, 0.4) is 0 Å². The zero-order valence-corrected chi connectivity index (χ0v) is 9.97. The average Bonchev–Trinajstić information content (AvgIpc) is 2.15. The van der Waals surface area contributed by atoms with Gasteiger partial charge in [0.25, 0.3) is 0 Å². The van der Waals surface area contributed by atoms with E-state index in [1.54, 1.807) is 6.20 Å². The van der Waals surface area contributed by atoms with Crippen molar-refractivity contribution in [2.24, 2.45) is 0 Å². The van der Waals surface area contributed by atoms with E-state index in [2.05, 4.69) is 35.6 Å². The summed E-state index contributed by atoms with van der Waals surface area (Å²) in [7, 11) is 0. The van der Waals surface area contributed by atoms with Gasteiger partial charge in [-0.25, -0.2) is 9.97 Å². The summed E-state index contributed by atoms with van der Waals surface area (Å²) in [5, 5.41) is 0. The molecule has 0 aromatic carbocycles. The summed E-state index contributed by atoms with van der Waals surface area (Å²) in [4.78, 5) is 10.3. The minimum atomic E-state index is -0.172. The van der Waals surface area contributed by atoms with Crippen LogP contribution in [0.15, 0.2) is 12.5 Å². The molecule has 0 radical (unpaired) electrons. The fourth-order valence-corrected chi connectivity index (χ4v) is 2.21. The van der Waals surface area contributed by atoms with E-state index in [1.807, 2.05) is 0 Å². The lowest BCUT2D eigenvalue weighted by molar-refractivity contribution is -0.0751. The van der Waals surface area contributed by atoms with Crippen molar-refractivity contribution in [3.63, 3.8) is 0 Å². The van der Waals surface area contributed by atoms with Gasteiger partial charge in [-0.2, -0.15) is 0 Å². The summed E-state index contributed by atoms with van der Waals surface area (Å²) in [5.41, 5.74) is 6.32. The molecule has 1 unspecified atom stereocenters. The van der Waals surface area contributed by atoms with Crippen LogP contribution in [0.1, 0.15) is 20.8 Å². The van der Waals surface area contributed by atoms with E-state index in [-0.39, 0.29) is 11.7 Å². The van der Waals surface area contributed by atoms with Crippen molar-refractivity contribution in [2.45, 2.75) is 32.5 Å². The van der Waals surface area contributed by atoms with Gasteiger partial charge in [0, 0.05) is 13.1 Å². The summed E-state index contributed by atoms with van der Waals surface area (Å²) in [6.07, 6.45) is 3.34. The molecule has 5 nitrogen and oxygen atoms in total. The molecule has 1 fully saturated rings. The molecule has 0 amide bonds. The number of nitrogens with zero attached hydrogens (tertiary/aromatic N) is 3. The van der Waals surface area contributed by atoms with Gasteiger partial charge in [-0.1, -0.05) is 0 Å². The first-order chi connectivity index (χ1) is 7.48. The Labute approximate surface area is 95.6 Å². The fourth-order valence-electron chi connectivity index (χ4n) is 2.21. The molecule has 1 atom stereocenters. The number of nitrogens with two attached hydrogens (primary N) is 1. The zero-order valence-electron chi connectivity index (χ0n) is 9.97. The van der Waals surface area contributed by atoms with Crippen LogP contribution in [0.4, 0.5) is 11.5 Å². The maximum atomic E-state index is 5.88. The van der Waals surface area contributed by atoms with Crippen LogP contribution >= 0.6 is 0 Å². The van der Waals surface area contributed by atoms with Crippen molar-refractivity contribution < 1.29 is 4.74 Å². The molecular formula is C11H18N4O. The standard InChI is InChI=1S/C11H18N4O/c1-8-5-15(6-11(2,3)16-8)10-9(12)4-13-7-14-10/h4,7-8H,5-6,12H2,1-3H3. The van der Waals surface area contributed by atoms with Crippen LogP contribution < -0.4 is 10.6 Å². The molecule has 1 aliphatic heterocycles. The van der Waals surface area contributed by atoms with Gasteiger partial charge in [0.1, 0.15) is 6.33 Å². The number of anilines is 2. The summed E-state index contributed by atoms with van der Waals surface area (Å²) in [5.74, 6) is 0.804. The van der Waals surface area contributed by atoms with Gasteiger partial charge >= 0.3 is 0 Å². The molecule has 5 heteroatoms. The monoisotopic (exact) mass is 222 g/mol. The Bertz CT molecular complexity index is 380. The minimum Gasteiger partial charge on any atom is -0.394 e. The van der Waals surface area contributed by atoms with Crippen molar-refractivity contribution in [3.8, 4) is 0 Å². The Morgan fingerprint density at radius 1 is 1.56 bits per heavy atom. The Morgan fingerprint density at radius 3 is 2.94 bits per heavy atom. The summed E-state index contributed by atoms with van der Waals surface area (Å²) in [6, 6.07) is 0. The third-order valence-electron chi connectivity index (χ3n) is 2.59. The second-order valence-electron chi connectivity index (χ2n) is 4.87. The molecule has 0 bridgehead atoms. The van der Waals surface area contributed by atoms with Gasteiger partial charge in [-0.05, 0) is 20.8 Å². The Kier molecular flexibility index (Phi) is 2.71. The van der Waals surface area contributed by atoms with Crippen LogP contribution in [0, 0.1) is 0 Å². The van der Waals surface area contributed by atoms with E-state index in [1.165, 1.54) is 6.33 Å². The lowest BCUT2D eigenvalue weighted by Gasteiger charge is -2.42. The van der Waals surface area contributed by atoms with Crippen molar-refractivity contribution in [2.75, 3.05) is 23.7 Å².